The number of anilines is 1. The number of rotatable bonds is 3. The number of piperidine rings is 1. The first-order valence-electron chi connectivity index (χ1n) is 8.47. The molecule has 27 heavy (non-hydrogen) atoms. The van der Waals surface area contributed by atoms with Crippen molar-refractivity contribution < 1.29 is 19.1 Å². The van der Waals surface area contributed by atoms with E-state index in [4.69, 9.17) is 4.74 Å². The van der Waals surface area contributed by atoms with Gasteiger partial charge in [-0.25, -0.2) is 4.90 Å². The van der Waals surface area contributed by atoms with Crippen LogP contribution in [0, 0.1) is 29.1 Å². The quantitative estimate of drug-likeness (QED) is 0.476. The number of aryl methyl sites for hydroxylation is 1. The Morgan fingerprint density at radius 1 is 1.07 bits per heavy atom. The summed E-state index contributed by atoms with van der Waals surface area (Å²) in [7, 11) is 1.16. The largest absolute Gasteiger partial charge is 0.468 e. The third-order valence-corrected chi connectivity index (χ3v) is 5.59. The van der Waals surface area contributed by atoms with E-state index in [2.05, 4.69) is 0 Å². The predicted octanol–water partition coefficient (Wildman–Crippen LogP) is 2.33. The van der Waals surface area contributed by atoms with Crippen LogP contribution in [0.2, 0.25) is 0 Å². The molecule has 6 heteroatoms. The van der Waals surface area contributed by atoms with Gasteiger partial charge in [0.25, 0.3) is 11.8 Å². The Morgan fingerprint density at radius 2 is 1.70 bits per heavy atom. The molecule has 2 fully saturated rings. The molecule has 3 unspecified atom stereocenters. The van der Waals surface area contributed by atoms with Gasteiger partial charge in [0, 0.05) is 5.92 Å². The molecule has 0 radical (unpaired) electrons. The fourth-order valence-electron chi connectivity index (χ4n) is 4.31. The second-order valence-corrected chi connectivity index (χ2v) is 6.84. The van der Waals surface area contributed by atoms with Crippen molar-refractivity contribution in [1.29, 1.82) is 5.26 Å². The normalized spacial score (nSPS) is 28.5. The van der Waals surface area contributed by atoms with E-state index >= 15 is 0 Å². The Hall–Kier alpha value is -3.46. The van der Waals surface area contributed by atoms with Gasteiger partial charge in [-0.05, 0) is 24.6 Å². The minimum atomic E-state index is -1.85. The van der Waals surface area contributed by atoms with E-state index in [9.17, 15) is 19.6 Å². The van der Waals surface area contributed by atoms with Crippen LogP contribution in [-0.2, 0) is 19.1 Å². The molecular formula is C21H16N2O4. The van der Waals surface area contributed by atoms with E-state index < -0.39 is 34.5 Å². The minimum Gasteiger partial charge on any atom is -0.468 e. The number of nitrogens with zero attached hydrogens (tertiary/aromatic N) is 2. The summed E-state index contributed by atoms with van der Waals surface area (Å²) >= 11 is 0. The molecule has 1 heterocycles. The highest BCUT2D eigenvalue weighted by molar-refractivity contribution is 6.37. The first-order valence-corrected chi connectivity index (χ1v) is 8.47. The molecule has 0 bridgehead atoms. The summed E-state index contributed by atoms with van der Waals surface area (Å²) in [6.45, 7) is 1.88. The second kappa shape index (κ2) is 5.52. The number of fused-ring (bicyclic) bond motifs is 1. The van der Waals surface area contributed by atoms with E-state index in [-0.39, 0.29) is 0 Å². The number of methoxy groups -OCH3 is 1. The van der Waals surface area contributed by atoms with Gasteiger partial charge in [0.15, 0.2) is 10.8 Å². The Balaban J connectivity index is 1.90. The van der Waals surface area contributed by atoms with Gasteiger partial charge in [0.2, 0.25) is 0 Å². The summed E-state index contributed by atoms with van der Waals surface area (Å²) in [4.78, 5) is 40.3. The highest BCUT2D eigenvalue weighted by Crippen LogP contribution is 2.79. The fourth-order valence-corrected chi connectivity index (χ4v) is 4.31. The smallest absolute Gasteiger partial charge is 0.324 e. The first-order chi connectivity index (χ1) is 13.0. The number of imide groups is 1. The number of benzene rings is 2. The number of nitriles is 1. The molecular weight excluding hydrogens is 344 g/mol. The van der Waals surface area contributed by atoms with Gasteiger partial charge in [-0.3, -0.25) is 14.4 Å². The number of ether oxygens (including phenoxy) is 1. The van der Waals surface area contributed by atoms with E-state index in [0.717, 1.165) is 17.6 Å². The molecule has 1 aliphatic heterocycles. The topological polar surface area (TPSA) is 87.5 Å². The van der Waals surface area contributed by atoms with Crippen LogP contribution in [-0.4, -0.2) is 24.9 Å². The van der Waals surface area contributed by atoms with Crippen molar-refractivity contribution in [2.24, 2.45) is 10.8 Å². The lowest BCUT2D eigenvalue weighted by molar-refractivity contribution is -0.151. The van der Waals surface area contributed by atoms with Gasteiger partial charge in [-0.15, -0.1) is 0 Å². The molecule has 4 rings (SSSR count). The van der Waals surface area contributed by atoms with Gasteiger partial charge in [0.1, 0.15) is 0 Å². The van der Waals surface area contributed by atoms with Crippen LogP contribution >= 0.6 is 0 Å². The lowest BCUT2D eigenvalue weighted by Crippen LogP contribution is -2.40. The molecule has 0 spiro atoms. The first kappa shape index (κ1) is 17.0. The molecule has 0 aromatic heterocycles. The molecule has 2 aromatic carbocycles. The number of esters is 1. The van der Waals surface area contributed by atoms with Gasteiger partial charge in [-0.2, -0.15) is 5.26 Å². The molecule has 1 saturated carbocycles. The third-order valence-electron chi connectivity index (χ3n) is 5.59. The fraction of sp³-hybridized carbons (Fsp3) is 0.238. The summed E-state index contributed by atoms with van der Waals surface area (Å²) in [5, 5.41) is 9.95. The van der Waals surface area contributed by atoms with E-state index in [1.54, 1.807) is 54.6 Å². The molecule has 1 saturated heterocycles. The van der Waals surface area contributed by atoms with Crippen LogP contribution in [0.3, 0.4) is 0 Å². The van der Waals surface area contributed by atoms with Gasteiger partial charge in [-0.1, -0.05) is 48.0 Å². The number of amides is 2. The summed E-state index contributed by atoms with van der Waals surface area (Å²) in [5.41, 5.74) is -1.74. The zero-order valence-electron chi connectivity index (χ0n) is 14.8. The summed E-state index contributed by atoms with van der Waals surface area (Å²) < 4.78 is 4.89. The lowest BCUT2D eigenvalue weighted by atomic mass is 9.96. The Labute approximate surface area is 156 Å². The highest BCUT2D eigenvalue weighted by Gasteiger charge is 2.95. The van der Waals surface area contributed by atoms with Crippen LogP contribution in [0.15, 0.2) is 54.6 Å². The molecule has 1 aliphatic carbocycles. The van der Waals surface area contributed by atoms with Gasteiger partial charge in [0.05, 0.1) is 18.9 Å². The predicted molar refractivity (Wildman–Crippen MR) is 95.4 cm³/mol. The maximum Gasteiger partial charge on any atom is 0.324 e. The van der Waals surface area contributed by atoms with Crippen molar-refractivity contribution >= 4 is 23.5 Å². The third kappa shape index (κ3) is 1.81. The number of carbonyl (C=O) groups excluding carboxylic acids is 3. The standard InChI is InChI=1S/C21H16N2O4/c1-13-8-10-15(11-9-13)23-17(24)20(12-22)16(14-6-4-3-5-7-14)21(20,18(23)25)19(26)27-2/h3-11,16H,1-2H3. The molecule has 2 aromatic rings. The lowest BCUT2D eigenvalue weighted by Gasteiger charge is -2.21. The van der Waals surface area contributed by atoms with E-state index in [1.807, 2.05) is 13.0 Å². The minimum absolute atomic E-state index is 0.340. The Kier molecular flexibility index (Phi) is 3.47. The van der Waals surface area contributed by atoms with Gasteiger partial charge >= 0.3 is 5.97 Å². The van der Waals surface area contributed by atoms with Crippen LogP contribution < -0.4 is 4.90 Å². The Bertz CT molecular complexity index is 1010. The van der Waals surface area contributed by atoms with Crippen molar-refractivity contribution in [3.05, 3.63) is 65.7 Å². The molecule has 6 nitrogen and oxygen atoms in total. The molecule has 2 amide bonds. The molecule has 3 atom stereocenters. The van der Waals surface area contributed by atoms with Crippen LogP contribution in [0.5, 0.6) is 0 Å². The Morgan fingerprint density at radius 3 is 2.26 bits per heavy atom. The van der Waals surface area contributed by atoms with Crippen molar-refractivity contribution in [1.82, 2.24) is 0 Å². The van der Waals surface area contributed by atoms with Gasteiger partial charge < -0.3 is 4.74 Å². The van der Waals surface area contributed by atoms with Crippen molar-refractivity contribution in [3.8, 4) is 6.07 Å². The van der Waals surface area contributed by atoms with Crippen LogP contribution in [0.25, 0.3) is 0 Å². The molecule has 134 valence electrons. The maximum absolute atomic E-state index is 13.4. The number of carbonyl (C=O) groups is 3. The maximum atomic E-state index is 13.4. The van der Waals surface area contributed by atoms with Crippen molar-refractivity contribution in [3.63, 3.8) is 0 Å². The average molecular weight is 360 g/mol. The zero-order valence-corrected chi connectivity index (χ0v) is 14.8. The van der Waals surface area contributed by atoms with E-state index in [0.29, 0.717) is 11.3 Å². The summed E-state index contributed by atoms with van der Waals surface area (Å²) in [6, 6.07) is 17.5. The summed E-state index contributed by atoms with van der Waals surface area (Å²) in [6.07, 6.45) is 0. The molecule has 0 N–H and O–H groups in total. The average Bonchev–Trinajstić information content (AvgIpc) is 3.29. The summed E-state index contributed by atoms with van der Waals surface area (Å²) in [5.74, 6) is -3.10. The monoisotopic (exact) mass is 360 g/mol. The highest BCUT2D eigenvalue weighted by atomic mass is 16.5. The number of hydrogen-bond acceptors (Lipinski definition) is 5. The van der Waals surface area contributed by atoms with Crippen molar-refractivity contribution in [2.45, 2.75) is 12.8 Å². The van der Waals surface area contributed by atoms with Crippen LogP contribution in [0.4, 0.5) is 5.69 Å². The number of hydrogen-bond donors (Lipinski definition) is 0. The van der Waals surface area contributed by atoms with Crippen LogP contribution in [0.1, 0.15) is 17.0 Å². The second-order valence-electron chi connectivity index (χ2n) is 6.84. The SMILES string of the molecule is COC(=O)C12C(=O)N(c3ccc(C)cc3)C(=O)C1(C#N)C2c1ccccc1. The van der Waals surface area contributed by atoms with Crippen molar-refractivity contribution in [2.75, 3.05) is 12.0 Å². The van der Waals surface area contributed by atoms with E-state index in [1.165, 1.54) is 0 Å². The molecule has 2 aliphatic rings. The zero-order chi connectivity index (χ0) is 19.4.